The molecule has 6 heteroatoms. The van der Waals surface area contributed by atoms with Crippen LogP contribution in [0.3, 0.4) is 0 Å². The van der Waals surface area contributed by atoms with Gasteiger partial charge in [0.05, 0.1) is 31.7 Å². The molecule has 1 aromatic rings. The van der Waals surface area contributed by atoms with Crippen LogP contribution in [0, 0.1) is 0 Å². The van der Waals surface area contributed by atoms with Crippen molar-refractivity contribution in [1.29, 1.82) is 0 Å². The molecule has 0 radical (unpaired) electrons. The molecule has 112 valence electrons. The number of hydrogen-bond donors (Lipinski definition) is 0. The lowest BCUT2D eigenvalue weighted by atomic mass is 10.1. The first kappa shape index (κ1) is 15.5. The summed E-state index contributed by atoms with van der Waals surface area (Å²) in [5.41, 5.74) is 0. The van der Waals surface area contributed by atoms with Crippen LogP contribution in [0.25, 0.3) is 0 Å². The van der Waals surface area contributed by atoms with Gasteiger partial charge >= 0.3 is 0 Å². The van der Waals surface area contributed by atoms with E-state index < -0.39 is 0 Å². The fourth-order valence-electron chi connectivity index (χ4n) is 2.23. The van der Waals surface area contributed by atoms with Crippen molar-refractivity contribution >= 4 is 21.7 Å². The summed E-state index contributed by atoms with van der Waals surface area (Å²) < 4.78 is 11.3. The summed E-state index contributed by atoms with van der Waals surface area (Å²) in [6.07, 6.45) is 6.89. The number of alkyl halides is 1. The van der Waals surface area contributed by atoms with Crippen molar-refractivity contribution in [1.82, 2.24) is 9.97 Å². The zero-order chi connectivity index (χ0) is 14.2. The lowest BCUT2D eigenvalue weighted by Gasteiger charge is -2.32. The Morgan fingerprint density at radius 3 is 2.80 bits per heavy atom. The Morgan fingerprint density at radius 2 is 2.10 bits per heavy atom. The lowest BCUT2D eigenvalue weighted by molar-refractivity contribution is 0.0480. The zero-order valence-corrected chi connectivity index (χ0v) is 13.5. The number of anilines is 1. The second-order valence-corrected chi connectivity index (χ2v) is 5.60. The molecular formula is C14H22BrN3O2. The highest BCUT2D eigenvalue weighted by molar-refractivity contribution is 9.09. The van der Waals surface area contributed by atoms with E-state index in [1.54, 1.807) is 12.4 Å². The van der Waals surface area contributed by atoms with Crippen LogP contribution in [-0.2, 0) is 4.74 Å². The van der Waals surface area contributed by atoms with Crippen molar-refractivity contribution in [3.8, 4) is 5.88 Å². The topological polar surface area (TPSA) is 47.5 Å². The van der Waals surface area contributed by atoms with Gasteiger partial charge in [0.15, 0.2) is 5.82 Å². The third-order valence-corrected chi connectivity index (χ3v) is 3.57. The van der Waals surface area contributed by atoms with Crippen LogP contribution in [0.15, 0.2) is 12.4 Å². The monoisotopic (exact) mass is 343 g/mol. The maximum atomic E-state index is 5.76. The van der Waals surface area contributed by atoms with E-state index in [1.165, 1.54) is 0 Å². The molecule has 0 N–H and O–H groups in total. The second-order valence-electron chi connectivity index (χ2n) is 4.81. The molecule has 0 aliphatic carbocycles. The minimum atomic E-state index is 0.372. The highest BCUT2D eigenvalue weighted by atomic mass is 79.9. The SMILES string of the molecule is CCCOc1cncc(N2CCC(OCCBr)CC2)n1. The number of hydrogen-bond acceptors (Lipinski definition) is 5. The minimum Gasteiger partial charge on any atom is -0.477 e. The maximum absolute atomic E-state index is 5.76. The Labute approximate surface area is 128 Å². The highest BCUT2D eigenvalue weighted by Crippen LogP contribution is 2.20. The average molecular weight is 344 g/mol. The summed E-state index contributed by atoms with van der Waals surface area (Å²) in [5, 5.41) is 0.898. The van der Waals surface area contributed by atoms with Crippen LogP contribution in [0.4, 0.5) is 5.82 Å². The van der Waals surface area contributed by atoms with Crippen LogP contribution >= 0.6 is 15.9 Å². The van der Waals surface area contributed by atoms with E-state index in [1.807, 2.05) is 0 Å². The second kappa shape index (κ2) is 8.42. The lowest BCUT2D eigenvalue weighted by Crippen LogP contribution is -2.37. The standard InChI is InChI=1S/C14H22BrN3O2/c1-2-8-20-14-11-16-10-13(17-14)18-6-3-12(4-7-18)19-9-5-15/h10-12H,2-9H2,1H3. The number of halogens is 1. The zero-order valence-electron chi connectivity index (χ0n) is 11.9. The predicted octanol–water partition coefficient (Wildman–Crippen LogP) is 2.65. The summed E-state index contributed by atoms with van der Waals surface area (Å²) in [4.78, 5) is 11.0. The molecular weight excluding hydrogens is 322 g/mol. The van der Waals surface area contributed by atoms with E-state index in [4.69, 9.17) is 9.47 Å². The van der Waals surface area contributed by atoms with Crippen LogP contribution in [0.1, 0.15) is 26.2 Å². The van der Waals surface area contributed by atoms with E-state index in [2.05, 4.69) is 37.7 Å². The van der Waals surface area contributed by atoms with Crippen LogP contribution in [0.2, 0.25) is 0 Å². The van der Waals surface area contributed by atoms with Gasteiger partial charge in [0, 0.05) is 18.4 Å². The first-order chi connectivity index (χ1) is 9.83. The van der Waals surface area contributed by atoms with Gasteiger partial charge in [-0.05, 0) is 19.3 Å². The smallest absolute Gasteiger partial charge is 0.234 e. The van der Waals surface area contributed by atoms with E-state index in [-0.39, 0.29) is 0 Å². The van der Waals surface area contributed by atoms with E-state index in [9.17, 15) is 0 Å². The van der Waals surface area contributed by atoms with Crippen LogP contribution in [0.5, 0.6) is 5.88 Å². The fourth-order valence-corrected chi connectivity index (χ4v) is 2.42. The molecule has 1 aromatic heterocycles. The molecule has 0 spiro atoms. The quantitative estimate of drug-likeness (QED) is 0.712. The van der Waals surface area contributed by atoms with E-state index >= 15 is 0 Å². The molecule has 5 nitrogen and oxygen atoms in total. The Hall–Kier alpha value is -0.880. The van der Waals surface area contributed by atoms with Gasteiger partial charge in [-0.2, -0.15) is 4.98 Å². The average Bonchev–Trinajstić information content (AvgIpc) is 2.52. The largest absolute Gasteiger partial charge is 0.477 e. The van der Waals surface area contributed by atoms with Crippen molar-refractivity contribution in [2.24, 2.45) is 0 Å². The first-order valence-electron chi connectivity index (χ1n) is 7.21. The molecule has 0 atom stereocenters. The van der Waals surface area contributed by atoms with Crippen LogP contribution in [-0.4, -0.2) is 47.7 Å². The molecule has 20 heavy (non-hydrogen) atoms. The molecule has 0 aromatic carbocycles. The van der Waals surface area contributed by atoms with E-state index in [0.717, 1.165) is 50.1 Å². The van der Waals surface area contributed by atoms with Gasteiger partial charge in [-0.1, -0.05) is 22.9 Å². The molecule has 0 unspecified atom stereocenters. The molecule has 0 saturated carbocycles. The Kier molecular flexibility index (Phi) is 6.53. The molecule has 2 rings (SSSR count). The number of ether oxygens (including phenoxy) is 2. The molecule has 2 heterocycles. The molecule has 0 amide bonds. The number of rotatable bonds is 7. The Bertz CT molecular complexity index is 398. The van der Waals surface area contributed by atoms with Gasteiger partial charge < -0.3 is 14.4 Å². The number of piperidine rings is 1. The van der Waals surface area contributed by atoms with Gasteiger partial charge in [-0.3, -0.25) is 4.98 Å². The third kappa shape index (κ3) is 4.59. The predicted molar refractivity (Wildman–Crippen MR) is 82.8 cm³/mol. The maximum Gasteiger partial charge on any atom is 0.234 e. The van der Waals surface area contributed by atoms with Crippen molar-refractivity contribution in [2.45, 2.75) is 32.3 Å². The van der Waals surface area contributed by atoms with Gasteiger partial charge in [-0.15, -0.1) is 0 Å². The molecule has 1 aliphatic heterocycles. The summed E-state index contributed by atoms with van der Waals surface area (Å²) in [7, 11) is 0. The highest BCUT2D eigenvalue weighted by Gasteiger charge is 2.20. The summed E-state index contributed by atoms with van der Waals surface area (Å²) in [6.45, 7) is 5.46. The van der Waals surface area contributed by atoms with Crippen molar-refractivity contribution in [3.63, 3.8) is 0 Å². The van der Waals surface area contributed by atoms with Crippen molar-refractivity contribution < 1.29 is 9.47 Å². The Morgan fingerprint density at radius 1 is 1.30 bits per heavy atom. The third-order valence-electron chi connectivity index (χ3n) is 3.25. The molecule has 1 aliphatic rings. The molecule has 1 saturated heterocycles. The molecule has 1 fully saturated rings. The van der Waals surface area contributed by atoms with Crippen LogP contribution < -0.4 is 9.64 Å². The summed E-state index contributed by atoms with van der Waals surface area (Å²) in [6, 6.07) is 0. The van der Waals surface area contributed by atoms with Gasteiger partial charge in [0.1, 0.15) is 0 Å². The van der Waals surface area contributed by atoms with Crippen molar-refractivity contribution in [2.75, 3.05) is 36.5 Å². The van der Waals surface area contributed by atoms with Gasteiger partial charge in [-0.25, -0.2) is 0 Å². The first-order valence-corrected chi connectivity index (χ1v) is 8.33. The van der Waals surface area contributed by atoms with Crippen molar-refractivity contribution in [3.05, 3.63) is 12.4 Å². The van der Waals surface area contributed by atoms with Gasteiger partial charge in [0.2, 0.25) is 5.88 Å². The summed E-state index contributed by atoms with van der Waals surface area (Å²) >= 11 is 3.39. The minimum absolute atomic E-state index is 0.372. The van der Waals surface area contributed by atoms with E-state index in [0.29, 0.717) is 18.6 Å². The fraction of sp³-hybridized carbons (Fsp3) is 0.714. The summed E-state index contributed by atoms with van der Waals surface area (Å²) in [5.74, 6) is 1.51. The number of aromatic nitrogens is 2. The molecule has 0 bridgehead atoms. The number of nitrogens with zero attached hydrogens (tertiary/aromatic N) is 3. The van der Waals surface area contributed by atoms with Gasteiger partial charge in [0.25, 0.3) is 0 Å². The normalized spacial score (nSPS) is 16.4. The Balaban J connectivity index is 1.86.